The van der Waals surface area contributed by atoms with Crippen LogP contribution in [0, 0.1) is 5.92 Å². The van der Waals surface area contributed by atoms with E-state index in [2.05, 4.69) is 59.1 Å². The van der Waals surface area contributed by atoms with Gasteiger partial charge in [0, 0.05) is 6.92 Å². The highest BCUT2D eigenvalue weighted by Crippen LogP contribution is 2.45. The molecule has 1 unspecified atom stereocenters. The van der Waals surface area contributed by atoms with Gasteiger partial charge in [-0.15, -0.1) is 0 Å². The first kappa shape index (κ1) is 23.4. The molecule has 1 aliphatic heterocycles. The Hall–Kier alpha value is -0.926. The Morgan fingerprint density at radius 3 is 2.32 bits per heavy atom. The fourth-order valence-corrected chi connectivity index (χ4v) is 9.01. The van der Waals surface area contributed by atoms with E-state index in [9.17, 15) is 9.59 Å². The highest BCUT2D eigenvalue weighted by Gasteiger charge is 2.60. The van der Waals surface area contributed by atoms with Crippen molar-refractivity contribution >= 4 is 28.4 Å². The molecule has 1 heterocycles. The van der Waals surface area contributed by atoms with Crippen LogP contribution in [-0.2, 0) is 18.8 Å². The Morgan fingerprint density at radius 1 is 1.25 bits per heavy atom. The van der Waals surface area contributed by atoms with Crippen LogP contribution in [-0.4, -0.2) is 45.3 Å². The predicted octanol–water partition coefficient (Wildman–Crippen LogP) is 5.06. The summed E-state index contributed by atoms with van der Waals surface area (Å²) >= 11 is 0. The predicted molar refractivity (Wildman–Crippen MR) is 118 cm³/mol. The van der Waals surface area contributed by atoms with Gasteiger partial charge in [0.2, 0.25) is 5.91 Å². The Morgan fingerprint density at radius 2 is 1.86 bits per heavy atom. The summed E-state index contributed by atoms with van der Waals surface area (Å²) in [5, 5.41) is 0.0611. The van der Waals surface area contributed by atoms with Crippen LogP contribution in [0.1, 0.15) is 53.9 Å². The molecular formula is C21H39NO4Si2. The number of allylic oxidation sites excluding steroid dienone is 2. The van der Waals surface area contributed by atoms with Gasteiger partial charge in [-0.25, -0.2) is 0 Å². The summed E-state index contributed by atoms with van der Waals surface area (Å²) in [7, 11) is -4.14. The van der Waals surface area contributed by atoms with E-state index >= 15 is 0 Å². The number of β-lactam (4-membered cyclic amide) rings is 1. The number of hydrogen-bond donors (Lipinski definition) is 0. The van der Waals surface area contributed by atoms with Crippen molar-refractivity contribution < 1.29 is 18.8 Å². The van der Waals surface area contributed by atoms with E-state index < -0.39 is 28.7 Å². The average Bonchev–Trinajstić information content (AvgIpc) is 2.53. The SMILES string of the molecule is CC(=O)O[C@@H]1[C@@H]([C@@H](C)O[Si](C)(C)C(C)(C)C)C(=O)N1[Si](C)(C)C1C=CCCC1. The summed E-state index contributed by atoms with van der Waals surface area (Å²) in [4.78, 5) is 25.1. The topological polar surface area (TPSA) is 55.8 Å². The van der Waals surface area contributed by atoms with Gasteiger partial charge in [-0.1, -0.05) is 46.0 Å². The molecule has 4 atom stereocenters. The number of carbonyl (C=O) groups is 2. The van der Waals surface area contributed by atoms with Crippen molar-refractivity contribution in [2.45, 2.75) is 103 Å². The molecule has 0 aromatic carbocycles. The molecule has 160 valence electrons. The minimum absolute atomic E-state index is 0.0611. The van der Waals surface area contributed by atoms with Gasteiger partial charge >= 0.3 is 5.97 Å². The Bertz CT molecular complexity index is 639. The molecular weight excluding hydrogens is 386 g/mol. The normalized spacial score (nSPS) is 27.4. The molecule has 2 aliphatic rings. The second kappa shape index (κ2) is 8.07. The fraction of sp³-hybridized carbons (Fsp3) is 0.810. The maximum absolute atomic E-state index is 13.3. The maximum atomic E-state index is 13.3. The Balaban J connectivity index is 2.24. The van der Waals surface area contributed by atoms with Crippen molar-refractivity contribution in [3.05, 3.63) is 12.2 Å². The highest BCUT2D eigenvalue weighted by molar-refractivity contribution is 6.79. The van der Waals surface area contributed by atoms with Crippen molar-refractivity contribution in [1.82, 2.24) is 4.57 Å². The molecule has 1 amide bonds. The third-order valence-electron chi connectivity index (χ3n) is 6.95. The van der Waals surface area contributed by atoms with Crippen LogP contribution in [0.25, 0.3) is 0 Å². The van der Waals surface area contributed by atoms with E-state index in [1.165, 1.54) is 6.92 Å². The van der Waals surface area contributed by atoms with Gasteiger partial charge in [0.05, 0.1) is 6.10 Å². The van der Waals surface area contributed by atoms with Crippen LogP contribution in [0.3, 0.4) is 0 Å². The van der Waals surface area contributed by atoms with Crippen molar-refractivity contribution in [3.63, 3.8) is 0 Å². The van der Waals surface area contributed by atoms with E-state index in [-0.39, 0.29) is 23.0 Å². The maximum Gasteiger partial charge on any atom is 0.304 e. The molecule has 2 rings (SSSR count). The zero-order chi connectivity index (χ0) is 21.5. The van der Waals surface area contributed by atoms with Gasteiger partial charge in [-0.2, -0.15) is 0 Å². The van der Waals surface area contributed by atoms with E-state index in [0.29, 0.717) is 5.54 Å². The molecule has 7 heteroatoms. The zero-order valence-electron chi connectivity index (χ0n) is 19.2. The minimum atomic E-state index is -2.12. The molecule has 28 heavy (non-hydrogen) atoms. The second-order valence-electron chi connectivity index (χ2n) is 10.4. The van der Waals surface area contributed by atoms with Gasteiger partial charge in [0.25, 0.3) is 0 Å². The fourth-order valence-electron chi connectivity index (χ4n) is 4.12. The quantitative estimate of drug-likeness (QED) is 0.258. The lowest BCUT2D eigenvalue weighted by Crippen LogP contribution is -2.74. The number of amides is 1. The lowest BCUT2D eigenvalue weighted by molar-refractivity contribution is -0.193. The second-order valence-corrected chi connectivity index (χ2v) is 19.7. The standard InChI is InChI=1S/C21H39NO4Si2/c1-15(26-28(8,9)21(3,4)5)18-19(24)22(20(18)25-16(2)23)27(6,7)17-13-11-10-12-14-17/h11,13,15,17-18,20H,10,12,14H2,1-9H3/t15-,17?,18+,20-/m1/s1. The molecule has 0 radical (unpaired) electrons. The number of rotatable bonds is 6. The van der Waals surface area contributed by atoms with E-state index in [4.69, 9.17) is 9.16 Å². The molecule has 1 fully saturated rings. The van der Waals surface area contributed by atoms with Crippen molar-refractivity contribution in [2.24, 2.45) is 5.92 Å². The first-order valence-corrected chi connectivity index (χ1v) is 16.5. The van der Waals surface area contributed by atoms with Crippen LogP contribution in [0.4, 0.5) is 0 Å². The van der Waals surface area contributed by atoms with E-state index in [1.807, 2.05) is 11.5 Å². The first-order chi connectivity index (χ1) is 12.7. The van der Waals surface area contributed by atoms with Gasteiger partial charge in [-0.05, 0) is 49.9 Å². The van der Waals surface area contributed by atoms with Gasteiger partial charge in [0.15, 0.2) is 22.8 Å². The van der Waals surface area contributed by atoms with E-state index in [0.717, 1.165) is 19.3 Å². The largest absolute Gasteiger partial charge is 0.441 e. The lowest BCUT2D eigenvalue weighted by atomic mass is 9.93. The number of ether oxygens (including phenoxy) is 1. The molecule has 0 N–H and O–H groups in total. The van der Waals surface area contributed by atoms with Gasteiger partial charge < -0.3 is 13.7 Å². The summed E-state index contributed by atoms with van der Waals surface area (Å²) in [5.74, 6) is -0.651. The summed E-state index contributed by atoms with van der Waals surface area (Å²) < 4.78 is 14.1. The Labute approximate surface area is 173 Å². The Kier molecular flexibility index (Phi) is 6.73. The first-order valence-electron chi connectivity index (χ1n) is 10.5. The molecule has 1 saturated heterocycles. The monoisotopic (exact) mass is 425 g/mol. The smallest absolute Gasteiger partial charge is 0.304 e. The molecule has 0 spiro atoms. The molecule has 0 saturated carbocycles. The summed E-state index contributed by atoms with van der Waals surface area (Å²) in [6.45, 7) is 18.8. The third-order valence-corrected chi connectivity index (χ3v) is 15.5. The van der Waals surface area contributed by atoms with Crippen molar-refractivity contribution in [2.75, 3.05) is 0 Å². The minimum Gasteiger partial charge on any atom is -0.441 e. The third kappa shape index (κ3) is 4.46. The summed E-state index contributed by atoms with van der Waals surface area (Å²) in [6.07, 6.45) is 7.12. The van der Waals surface area contributed by atoms with Gasteiger partial charge in [-0.3, -0.25) is 9.59 Å². The van der Waals surface area contributed by atoms with E-state index in [1.54, 1.807) is 0 Å². The van der Waals surface area contributed by atoms with Gasteiger partial charge in [0.1, 0.15) is 5.92 Å². The summed E-state index contributed by atoms with van der Waals surface area (Å²) in [6, 6.07) is 0. The van der Waals surface area contributed by atoms with Crippen LogP contribution < -0.4 is 0 Å². The van der Waals surface area contributed by atoms with Crippen molar-refractivity contribution in [3.8, 4) is 0 Å². The highest BCUT2D eigenvalue weighted by atomic mass is 28.4. The zero-order valence-corrected chi connectivity index (χ0v) is 21.2. The molecule has 0 aromatic heterocycles. The summed E-state index contributed by atoms with van der Waals surface area (Å²) in [5.41, 5.74) is 0.404. The number of esters is 1. The average molecular weight is 426 g/mol. The number of nitrogens with zero attached hydrogens (tertiary/aromatic N) is 1. The molecule has 0 bridgehead atoms. The number of carbonyl (C=O) groups excluding carboxylic acids is 2. The number of hydrogen-bond acceptors (Lipinski definition) is 4. The van der Waals surface area contributed by atoms with Crippen LogP contribution in [0.2, 0.25) is 36.8 Å². The molecule has 1 aliphatic carbocycles. The molecule has 5 nitrogen and oxygen atoms in total. The van der Waals surface area contributed by atoms with Crippen molar-refractivity contribution in [1.29, 1.82) is 0 Å². The lowest BCUT2D eigenvalue weighted by Gasteiger charge is -2.57. The van der Waals surface area contributed by atoms with Crippen LogP contribution in [0.5, 0.6) is 0 Å². The van der Waals surface area contributed by atoms with Crippen LogP contribution >= 0.6 is 0 Å². The van der Waals surface area contributed by atoms with Crippen LogP contribution in [0.15, 0.2) is 12.2 Å². The molecule has 0 aromatic rings.